The number of unbranched alkanes of at least 4 members (excludes halogenated alkanes) is 2. The zero-order chi connectivity index (χ0) is 25.5. The van der Waals surface area contributed by atoms with E-state index in [0.717, 1.165) is 36.8 Å². The average Bonchev–Trinajstić information content (AvgIpc) is 3.71. The number of para-hydroxylation sites is 1. The number of aryl methyl sites for hydroxylation is 1. The molecule has 1 atom stereocenters. The van der Waals surface area contributed by atoms with Crippen molar-refractivity contribution in [3.05, 3.63) is 89.5 Å². The number of hydrogen-bond acceptors (Lipinski definition) is 3. The van der Waals surface area contributed by atoms with E-state index in [1.807, 2.05) is 54.6 Å². The zero-order valence-electron chi connectivity index (χ0n) is 21.2. The average molecular weight is 473 g/mol. The highest BCUT2D eigenvalue weighted by molar-refractivity contribution is 5.95. The van der Waals surface area contributed by atoms with E-state index in [0.29, 0.717) is 29.9 Å². The number of aliphatic carboxylic acids is 1. The summed E-state index contributed by atoms with van der Waals surface area (Å²) in [5.74, 6) is -0.325. The van der Waals surface area contributed by atoms with Crippen LogP contribution in [0.5, 0.6) is 5.75 Å². The highest BCUT2D eigenvalue weighted by Gasteiger charge is 2.33. The van der Waals surface area contributed by atoms with Gasteiger partial charge in [-0.05, 0) is 68.4 Å². The summed E-state index contributed by atoms with van der Waals surface area (Å²) < 4.78 is 15.0. The summed E-state index contributed by atoms with van der Waals surface area (Å²) >= 11 is 0. The van der Waals surface area contributed by atoms with Crippen LogP contribution in [0.3, 0.4) is 0 Å². The Balaban J connectivity index is 1.46. The van der Waals surface area contributed by atoms with Gasteiger partial charge in [0.1, 0.15) is 5.75 Å². The number of carboxylic acid groups (broad SMARTS) is 1. The van der Waals surface area contributed by atoms with Crippen LogP contribution in [0.4, 0.5) is 0 Å². The molecule has 0 radical (unpaired) electrons. The lowest BCUT2D eigenvalue weighted by Crippen LogP contribution is -2.32. The van der Waals surface area contributed by atoms with Crippen LogP contribution in [0.25, 0.3) is 11.1 Å². The molecule has 0 aromatic heterocycles. The highest BCUT2D eigenvalue weighted by Crippen LogP contribution is 2.32. The Hall–Kier alpha value is -3.60. The van der Waals surface area contributed by atoms with E-state index in [1.165, 1.54) is 5.56 Å². The molecule has 3 aromatic carbocycles. The van der Waals surface area contributed by atoms with Gasteiger partial charge in [0.05, 0.1) is 7.98 Å². The minimum atomic E-state index is -0.871. The van der Waals surface area contributed by atoms with Crippen molar-refractivity contribution in [3.63, 3.8) is 0 Å². The summed E-state index contributed by atoms with van der Waals surface area (Å²) in [6, 6.07) is 23.4. The van der Waals surface area contributed by atoms with Crippen LogP contribution in [0, 0.1) is 6.92 Å². The number of ether oxygens (including phenoxy) is 1. The van der Waals surface area contributed by atoms with Gasteiger partial charge in [-0.15, -0.1) is 0 Å². The lowest BCUT2D eigenvalue weighted by Gasteiger charge is -2.24. The Morgan fingerprint density at radius 2 is 1.74 bits per heavy atom. The molecule has 5 heteroatoms. The van der Waals surface area contributed by atoms with Crippen LogP contribution < -0.4 is 4.74 Å². The van der Waals surface area contributed by atoms with Gasteiger partial charge in [0.15, 0.2) is 0 Å². The van der Waals surface area contributed by atoms with Crippen LogP contribution >= 0.6 is 0 Å². The molecule has 1 unspecified atom stereocenters. The summed E-state index contributed by atoms with van der Waals surface area (Å²) in [6.45, 7) is 1.63. The van der Waals surface area contributed by atoms with E-state index in [1.54, 1.807) is 4.90 Å². The van der Waals surface area contributed by atoms with Gasteiger partial charge in [-0.2, -0.15) is 0 Å². The van der Waals surface area contributed by atoms with E-state index >= 15 is 0 Å². The number of benzene rings is 3. The van der Waals surface area contributed by atoms with Gasteiger partial charge in [-0.1, -0.05) is 60.2 Å². The van der Waals surface area contributed by atoms with E-state index in [9.17, 15) is 9.59 Å². The maximum absolute atomic E-state index is 13.6. The molecule has 4 rings (SSSR count). The van der Waals surface area contributed by atoms with E-state index in [4.69, 9.17) is 11.2 Å². The third-order valence-corrected chi connectivity index (χ3v) is 6.15. The lowest BCUT2D eigenvalue weighted by atomic mass is 10.0. The molecule has 1 saturated carbocycles. The first kappa shape index (κ1) is 23.2. The third kappa shape index (κ3) is 6.95. The fourth-order valence-electron chi connectivity index (χ4n) is 4.07. The molecule has 1 N–H and O–H groups in total. The van der Waals surface area contributed by atoms with Gasteiger partial charge in [0.25, 0.3) is 5.91 Å². The molecule has 1 amide bonds. The minimum absolute atomic E-state index is 0.0560. The fraction of sp³-hybridized carbons (Fsp3) is 0.333. The van der Waals surface area contributed by atoms with E-state index in [-0.39, 0.29) is 18.4 Å². The van der Waals surface area contributed by atoms with Crippen LogP contribution in [0.1, 0.15) is 61.4 Å². The molecule has 0 heterocycles. The summed E-state index contributed by atoms with van der Waals surface area (Å²) in [7, 11) is 0. The first-order valence-electron chi connectivity index (χ1n) is 12.9. The molecule has 3 aromatic rings. The van der Waals surface area contributed by atoms with Crippen molar-refractivity contribution in [2.75, 3.05) is 6.61 Å². The van der Waals surface area contributed by atoms with Gasteiger partial charge >= 0.3 is 5.97 Å². The molecule has 35 heavy (non-hydrogen) atoms. The Morgan fingerprint density at radius 1 is 0.971 bits per heavy atom. The molecule has 182 valence electrons. The standard InChI is InChI=1S/C30H33NO4/c1-22-8-7-10-25(20-22)23-13-15-24(16-14-23)30(34)31(27-17-18-27)21-26-9-4-5-11-28(26)35-19-6-2-3-12-29(32)33/h4-5,7-11,13-16,20,27H,2-3,6,12,17-19,21H2,1H3,(H,32,33)/i21D. The number of amides is 1. The summed E-state index contributed by atoms with van der Waals surface area (Å²) in [5, 5.41) is 8.77. The molecule has 0 spiro atoms. The molecule has 1 aliphatic rings. The fourth-order valence-corrected chi connectivity index (χ4v) is 4.07. The molecule has 1 aliphatic carbocycles. The first-order valence-corrected chi connectivity index (χ1v) is 12.3. The molecular weight excluding hydrogens is 438 g/mol. The Labute approximate surface area is 208 Å². The van der Waals surface area contributed by atoms with Crippen molar-refractivity contribution in [2.45, 2.75) is 58.0 Å². The second kappa shape index (κ2) is 11.7. The molecule has 1 fully saturated rings. The third-order valence-electron chi connectivity index (χ3n) is 6.15. The Kier molecular flexibility index (Phi) is 7.74. The smallest absolute Gasteiger partial charge is 0.303 e. The topological polar surface area (TPSA) is 66.8 Å². The summed E-state index contributed by atoms with van der Waals surface area (Å²) in [5.41, 5.74) is 4.59. The van der Waals surface area contributed by atoms with Crippen molar-refractivity contribution in [1.29, 1.82) is 0 Å². The molecule has 5 nitrogen and oxygen atoms in total. The number of hydrogen-bond donors (Lipinski definition) is 1. The predicted molar refractivity (Wildman–Crippen MR) is 138 cm³/mol. The van der Waals surface area contributed by atoms with E-state index in [2.05, 4.69) is 25.1 Å². The maximum Gasteiger partial charge on any atom is 0.303 e. The van der Waals surface area contributed by atoms with Crippen molar-refractivity contribution >= 4 is 11.9 Å². The van der Waals surface area contributed by atoms with Crippen molar-refractivity contribution in [3.8, 4) is 16.9 Å². The van der Waals surface area contributed by atoms with Gasteiger partial charge in [-0.25, -0.2) is 0 Å². The van der Waals surface area contributed by atoms with Crippen molar-refractivity contribution < 1.29 is 20.8 Å². The van der Waals surface area contributed by atoms with Crippen LogP contribution in [0.2, 0.25) is 0 Å². The SMILES string of the molecule is [2H]C(c1ccccc1OCCCCCC(=O)O)N(C(=O)c1ccc(-c2cccc(C)c2)cc1)C1CC1. The normalized spacial score (nSPS) is 14.1. The van der Waals surface area contributed by atoms with Crippen LogP contribution in [0.15, 0.2) is 72.8 Å². The molecule has 0 bridgehead atoms. The number of carboxylic acids is 1. The summed E-state index contributed by atoms with van der Waals surface area (Å²) in [6.07, 6.45) is 4.08. The van der Waals surface area contributed by atoms with Crippen molar-refractivity contribution in [2.24, 2.45) is 0 Å². The van der Waals surface area contributed by atoms with Crippen molar-refractivity contribution in [1.82, 2.24) is 4.90 Å². The number of carbonyl (C=O) groups excluding carboxylic acids is 1. The van der Waals surface area contributed by atoms with E-state index < -0.39 is 12.5 Å². The lowest BCUT2D eigenvalue weighted by molar-refractivity contribution is -0.137. The Morgan fingerprint density at radius 3 is 2.46 bits per heavy atom. The van der Waals surface area contributed by atoms with Gasteiger partial charge in [0.2, 0.25) is 0 Å². The molecule has 0 saturated heterocycles. The molecular formula is C30H33NO4. The summed E-state index contributed by atoms with van der Waals surface area (Å²) in [4.78, 5) is 25.9. The monoisotopic (exact) mass is 472 g/mol. The predicted octanol–water partition coefficient (Wildman–Crippen LogP) is 6.49. The maximum atomic E-state index is 13.6. The van der Waals surface area contributed by atoms with Crippen LogP contribution in [-0.4, -0.2) is 34.5 Å². The second-order valence-electron chi connectivity index (χ2n) is 9.11. The first-order chi connectivity index (χ1) is 17.4. The molecule has 0 aliphatic heterocycles. The largest absolute Gasteiger partial charge is 0.493 e. The highest BCUT2D eigenvalue weighted by atomic mass is 16.5. The van der Waals surface area contributed by atoms with Gasteiger partial charge < -0.3 is 14.7 Å². The Bertz CT molecular complexity index is 1190. The van der Waals surface area contributed by atoms with Gasteiger partial charge in [-0.3, -0.25) is 9.59 Å². The zero-order valence-corrected chi connectivity index (χ0v) is 20.2. The van der Waals surface area contributed by atoms with Crippen LogP contribution in [-0.2, 0) is 11.3 Å². The second-order valence-corrected chi connectivity index (χ2v) is 9.11. The number of carbonyl (C=O) groups is 2. The van der Waals surface area contributed by atoms with Gasteiger partial charge in [0, 0.05) is 30.1 Å². The quantitative estimate of drug-likeness (QED) is 0.306. The number of rotatable bonds is 12. The number of nitrogens with zero attached hydrogens (tertiary/aromatic N) is 1. The minimum Gasteiger partial charge on any atom is -0.493 e.